The third kappa shape index (κ3) is 4.59. The van der Waals surface area contributed by atoms with Crippen molar-refractivity contribution in [3.05, 3.63) is 28.2 Å². The van der Waals surface area contributed by atoms with E-state index in [1.165, 1.54) is 6.42 Å². The molecule has 1 aliphatic rings. The zero-order valence-corrected chi connectivity index (χ0v) is 14.8. The summed E-state index contributed by atoms with van der Waals surface area (Å²) in [5.74, 6) is 1.33. The van der Waals surface area contributed by atoms with Crippen molar-refractivity contribution in [3.63, 3.8) is 0 Å². The average Bonchev–Trinajstić information content (AvgIpc) is 2.48. The number of ether oxygens (including phenoxy) is 1. The number of benzene rings is 1. The van der Waals surface area contributed by atoms with E-state index in [0.717, 1.165) is 30.5 Å². The fourth-order valence-electron chi connectivity index (χ4n) is 2.67. The van der Waals surface area contributed by atoms with Crippen LogP contribution in [0.2, 0.25) is 0 Å². The summed E-state index contributed by atoms with van der Waals surface area (Å²) in [6, 6.07) is 5.51. The van der Waals surface area contributed by atoms with Crippen LogP contribution in [0.3, 0.4) is 0 Å². The van der Waals surface area contributed by atoms with Gasteiger partial charge in [-0.1, -0.05) is 0 Å². The minimum absolute atomic E-state index is 0. The largest absolute Gasteiger partial charge is 0.497 e. The smallest absolute Gasteiger partial charge is 0.255 e. The monoisotopic (exact) mass is 376 g/mol. The molecule has 1 heterocycles. The van der Waals surface area contributed by atoms with Crippen LogP contribution < -0.4 is 10.1 Å². The molecule has 1 N–H and O–H groups in total. The minimum Gasteiger partial charge on any atom is -0.497 e. The predicted octanol–water partition coefficient (Wildman–Crippen LogP) is 2.95. The van der Waals surface area contributed by atoms with Crippen molar-refractivity contribution in [2.75, 3.05) is 33.8 Å². The molecule has 1 atom stereocenters. The van der Waals surface area contributed by atoms with Gasteiger partial charge in [-0.05, 0) is 66.5 Å². The molecule has 1 aromatic carbocycles. The first-order valence-electron chi connectivity index (χ1n) is 6.93. The van der Waals surface area contributed by atoms with Crippen LogP contribution in [0, 0.1) is 5.92 Å². The Morgan fingerprint density at radius 3 is 2.95 bits per heavy atom. The molecule has 0 saturated carbocycles. The molecule has 0 aliphatic carbocycles. The maximum atomic E-state index is 12.7. The normalized spacial score (nSPS) is 18.0. The van der Waals surface area contributed by atoms with Crippen molar-refractivity contribution < 1.29 is 9.53 Å². The highest BCUT2D eigenvalue weighted by Gasteiger charge is 2.25. The SMILES string of the molecule is CNCC1CCCN(C(=O)c2cc(OC)ccc2Br)C1.Cl. The number of methoxy groups -OCH3 is 1. The molecule has 1 saturated heterocycles. The van der Waals surface area contributed by atoms with Crippen LogP contribution in [0.1, 0.15) is 23.2 Å². The maximum Gasteiger partial charge on any atom is 0.255 e. The van der Waals surface area contributed by atoms with E-state index in [1.807, 2.05) is 24.1 Å². The lowest BCUT2D eigenvalue weighted by Gasteiger charge is -2.33. The van der Waals surface area contributed by atoms with Gasteiger partial charge in [-0.3, -0.25) is 4.79 Å². The van der Waals surface area contributed by atoms with Crippen molar-refractivity contribution >= 4 is 34.2 Å². The van der Waals surface area contributed by atoms with Gasteiger partial charge in [0.15, 0.2) is 0 Å². The predicted molar refractivity (Wildman–Crippen MR) is 90.5 cm³/mol. The molecule has 6 heteroatoms. The van der Waals surface area contributed by atoms with Crippen molar-refractivity contribution in [1.82, 2.24) is 10.2 Å². The summed E-state index contributed by atoms with van der Waals surface area (Å²) in [5, 5.41) is 3.20. The number of halogens is 2. The molecule has 0 radical (unpaired) electrons. The van der Waals surface area contributed by atoms with E-state index in [1.54, 1.807) is 13.2 Å². The summed E-state index contributed by atoms with van der Waals surface area (Å²) >= 11 is 3.46. The van der Waals surface area contributed by atoms with E-state index in [-0.39, 0.29) is 18.3 Å². The van der Waals surface area contributed by atoms with Gasteiger partial charge in [-0.2, -0.15) is 0 Å². The van der Waals surface area contributed by atoms with Gasteiger partial charge < -0.3 is 15.0 Å². The van der Waals surface area contributed by atoms with Crippen LogP contribution >= 0.6 is 28.3 Å². The number of nitrogens with zero attached hydrogens (tertiary/aromatic N) is 1. The molecular weight excluding hydrogens is 356 g/mol. The Bertz CT molecular complexity index is 483. The molecule has 1 aromatic rings. The first-order chi connectivity index (χ1) is 9.65. The van der Waals surface area contributed by atoms with Crippen LogP contribution in [0.4, 0.5) is 0 Å². The van der Waals surface area contributed by atoms with Gasteiger partial charge in [0, 0.05) is 17.6 Å². The third-order valence-corrected chi connectivity index (χ3v) is 4.39. The zero-order valence-electron chi connectivity index (χ0n) is 12.4. The number of amides is 1. The number of hydrogen-bond donors (Lipinski definition) is 1. The van der Waals surface area contributed by atoms with E-state index in [4.69, 9.17) is 4.74 Å². The van der Waals surface area contributed by atoms with Crippen molar-refractivity contribution in [2.45, 2.75) is 12.8 Å². The number of carbonyl (C=O) groups is 1. The van der Waals surface area contributed by atoms with Gasteiger partial charge in [0.2, 0.25) is 0 Å². The Hall–Kier alpha value is -0.780. The number of rotatable bonds is 4. The summed E-state index contributed by atoms with van der Waals surface area (Å²) < 4.78 is 6.02. The standard InChI is InChI=1S/C15H21BrN2O2.ClH/c1-17-9-11-4-3-7-18(10-11)15(19)13-8-12(20-2)5-6-14(13)16;/h5-6,8,11,17H,3-4,7,9-10H2,1-2H3;1H. The number of carbonyl (C=O) groups excluding carboxylic acids is 1. The lowest BCUT2D eigenvalue weighted by Crippen LogP contribution is -2.42. The molecule has 0 aromatic heterocycles. The number of likely N-dealkylation sites (tertiary alicyclic amines) is 1. The summed E-state index contributed by atoms with van der Waals surface area (Å²) in [6.45, 7) is 2.62. The molecule has 21 heavy (non-hydrogen) atoms. The number of piperidine rings is 1. The molecule has 0 bridgehead atoms. The van der Waals surface area contributed by atoms with E-state index < -0.39 is 0 Å². The molecule has 1 amide bonds. The molecule has 118 valence electrons. The van der Waals surface area contributed by atoms with Crippen molar-refractivity contribution in [2.24, 2.45) is 5.92 Å². The second-order valence-electron chi connectivity index (χ2n) is 5.16. The summed E-state index contributed by atoms with van der Waals surface area (Å²) in [7, 11) is 3.57. The lowest BCUT2D eigenvalue weighted by molar-refractivity contribution is 0.0673. The number of nitrogens with one attached hydrogen (secondary N) is 1. The third-order valence-electron chi connectivity index (χ3n) is 3.70. The van der Waals surface area contributed by atoms with Gasteiger partial charge >= 0.3 is 0 Å². The van der Waals surface area contributed by atoms with Crippen LogP contribution in [0.15, 0.2) is 22.7 Å². The highest BCUT2D eigenvalue weighted by atomic mass is 79.9. The Kier molecular flexibility index (Phi) is 7.49. The van der Waals surface area contributed by atoms with Gasteiger partial charge in [-0.25, -0.2) is 0 Å². The number of hydrogen-bond acceptors (Lipinski definition) is 3. The van der Waals surface area contributed by atoms with Crippen molar-refractivity contribution in [3.8, 4) is 5.75 Å². The molecule has 4 nitrogen and oxygen atoms in total. The molecule has 0 spiro atoms. The van der Waals surface area contributed by atoms with E-state index >= 15 is 0 Å². The maximum absolute atomic E-state index is 12.7. The van der Waals surface area contributed by atoms with E-state index in [9.17, 15) is 4.79 Å². The molecular formula is C15H22BrClN2O2. The second kappa shape index (κ2) is 8.61. The van der Waals surface area contributed by atoms with Gasteiger partial charge in [-0.15, -0.1) is 12.4 Å². The van der Waals surface area contributed by atoms with Crippen LogP contribution in [0.5, 0.6) is 5.75 Å². The molecule has 1 unspecified atom stereocenters. The fourth-order valence-corrected chi connectivity index (χ4v) is 3.09. The lowest BCUT2D eigenvalue weighted by atomic mass is 9.97. The Morgan fingerprint density at radius 2 is 2.29 bits per heavy atom. The van der Waals surface area contributed by atoms with E-state index in [2.05, 4.69) is 21.2 Å². The highest BCUT2D eigenvalue weighted by molar-refractivity contribution is 9.10. The Labute approximate surface area is 140 Å². The second-order valence-corrected chi connectivity index (χ2v) is 6.02. The fraction of sp³-hybridized carbons (Fsp3) is 0.533. The summed E-state index contributed by atoms with van der Waals surface area (Å²) in [4.78, 5) is 14.6. The van der Waals surface area contributed by atoms with Crippen LogP contribution in [-0.2, 0) is 0 Å². The van der Waals surface area contributed by atoms with Crippen molar-refractivity contribution in [1.29, 1.82) is 0 Å². The summed E-state index contributed by atoms with van der Waals surface area (Å²) in [5.41, 5.74) is 0.675. The first kappa shape index (κ1) is 18.3. The van der Waals surface area contributed by atoms with Gasteiger partial charge in [0.1, 0.15) is 5.75 Å². The van der Waals surface area contributed by atoms with Gasteiger partial charge in [0.25, 0.3) is 5.91 Å². The minimum atomic E-state index is 0. The van der Waals surface area contributed by atoms with Crippen LogP contribution in [-0.4, -0.2) is 44.6 Å². The topological polar surface area (TPSA) is 41.6 Å². The summed E-state index contributed by atoms with van der Waals surface area (Å²) in [6.07, 6.45) is 2.25. The van der Waals surface area contributed by atoms with E-state index in [0.29, 0.717) is 17.2 Å². The quantitative estimate of drug-likeness (QED) is 0.877. The molecule has 2 rings (SSSR count). The average molecular weight is 378 g/mol. The van der Waals surface area contributed by atoms with Crippen LogP contribution in [0.25, 0.3) is 0 Å². The Morgan fingerprint density at radius 1 is 1.52 bits per heavy atom. The Balaban J connectivity index is 0.00000220. The van der Waals surface area contributed by atoms with Gasteiger partial charge in [0.05, 0.1) is 12.7 Å². The molecule has 1 aliphatic heterocycles. The first-order valence-corrected chi connectivity index (χ1v) is 7.72. The zero-order chi connectivity index (χ0) is 14.5. The molecule has 1 fully saturated rings. The highest BCUT2D eigenvalue weighted by Crippen LogP contribution is 2.26.